The number of nitrogens with one attached hydrogen (secondary N) is 1. The number of carbonyl (C=O) groups excluding carboxylic acids is 1. The fraction of sp³-hybridized carbons (Fsp3) is 0.250. The van der Waals surface area contributed by atoms with E-state index < -0.39 is 6.09 Å². The smallest absolute Gasteiger partial charge is 0.427 e. The van der Waals surface area contributed by atoms with Crippen LogP contribution in [0.4, 0.5) is 4.79 Å². The number of hydrazone groups is 1. The van der Waals surface area contributed by atoms with Gasteiger partial charge < -0.3 is 9.47 Å². The predicted octanol–water partition coefficient (Wildman–Crippen LogP) is 3.32. The van der Waals surface area contributed by atoms with Crippen molar-refractivity contribution < 1.29 is 14.3 Å². The Balaban J connectivity index is 2.22. The number of nitrogens with zero attached hydrogens (tertiary/aromatic N) is 1. The monoisotopic (exact) mass is 286 g/mol. The Morgan fingerprint density at radius 3 is 2.62 bits per heavy atom. The van der Waals surface area contributed by atoms with Crippen molar-refractivity contribution in [2.45, 2.75) is 13.8 Å². The van der Waals surface area contributed by atoms with E-state index in [0.29, 0.717) is 12.3 Å². The van der Waals surface area contributed by atoms with E-state index in [4.69, 9.17) is 9.47 Å². The van der Waals surface area contributed by atoms with Crippen molar-refractivity contribution in [3.8, 4) is 5.75 Å². The molecule has 0 aliphatic heterocycles. The molecule has 110 valence electrons. The molecule has 2 aromatic rings. The average Bonchev–Trinajstić information content (AvgIpc) is 2.51. The van der Waals surface area contributed by atoms with E-state index in [0.717, 1.165) is 22.1 Å². The zero-order valence-corrected chi connectivity index (χ0v) is 12.3. The van der Waals surface area contributed by atoms with E-state index in [2.05, 4.69) is 10.5 Å². The SMILES string of the molecule is CCOC(=O)N/N=C(/C)c1ccc2cc(OC)ccc2c1. The lowest BCUT2D eigenvalue weighted by molar-refractivity contribution is 0.152. The Labute approximate surface area is 123 Å². The molecule has 0 aliphatic rings. The number of hydrogen-bond acceptors (Lipinski definition) is 4. The molecule has 0 radical (unpaired) electrons. The second-order valence-corrected chi connectivity index (χ2v) is 4.46. The molecule has 0 unspecified atom stereocenters. The molecule has 5 heteroatoms. The summed E-state index contributed by atoms with van der Waals surface area (Å²) in [5, 5.41) is 6.19. The van der Waals surface area contributed by atoms with Crippen molar-refractivity contribution in [3.63, 3.8) is 0 Å². The van der Waals surface area contributed by atoms with Crippen LogP contribution in [0.1, 0.15) is 19.4 Å². The summed E-state index contributed by atoms with van der Waals surface area (Å²) in [5.74, 6) is 0.824. The molecule has 0 spiro atoms. The quantitative estimate of drug-likeness (QED) is 0.693. The van der Waals surface area contributed by atoms with Gasteiger partial charge in [0.25, 0.3) is 0 Å². The van der Waals surface area contributed by atoms with Crippen LogP contribution < -0.4 is 10.2 Å². The first-order valence-corrected chi connectivity index (χ1v) is 6.69. The van der Waals surface area contributed by atoms with E-state index in [9.17, 15) is 4.79 Å². The van der Waals surface area contributed by atoms with Crippen LogP contribution in [0.5, 0.6) is 5.75 Å². The van der Waals surface area contributed by atoms with Crippen LogP contribution in [0, 0.1) is 0 Å². The van der Waals surface area contributed by atoms with E-state index in [1.165, 1.54) is 0 Å². The van der Waals surface area contributed by atoms with Crippen LogP contribution in [0.25, 0.3) is 10.8 Å². The lowest BCUT2D eigenvalue weighted by Crippen LogP contribution is -2.20. The van der Waals surface area contributed by atoms with Crippen LogP contribution in [0.15, 0.2) is 41.5 Å². The fourth-order valence-corrected chi connectivity index (χ4v) is 1.93. The van der Waals surface area contributed by atoms with Gasteiger partial charge in [-0.05, 0) is 48.4 Å². The molecule has 5 nitrogen and oxygen atoms in total. The molecule has 2 aromatic carbocycles. The summed E-state index contributed by atoms with van der Waals surface area (Å²) in [7, 11) is 1.65. The minimum Gasteiger partial charge on any atom is -0.497 e. The van der Waals surface area contributed by atoms with Crippen molar-refractivity contribution >= 4 is 22.6 Å². The summed E-state index contributed by atoms with van der Waals surface area (Å²) in [6, 6.07) is 11.8. The molecule has 0 fully saturated rings. The first kappa shape index (κ1) is 14.8. The van der Waals surface area contributed by atoms with Crippen LogP contribution in [0.2, 0.25) is 0 Å². The molecule has 0 atom stereocenters. The molecule has 21 heavy (non-hydrogen) atoms. The molecular weight excluding hydrogens is 268 g/mol. The number of methoxy groups -OCH3 is 1. The third-order valence-corrected chi connectivity index (χ3v) is 3.06. The van der Waals surface area contributed by atoms with Crippen LogP contribution in [-0.2, 0) is 4.74 Å². The minimum absolute atomic E-state index is 0.318. The summed E-state index contributed by atoms with van der Waals surface area (Å²) in [6.07, 6.45) is -0.553. The van der Waals surface area contributed by atoms with Crippen molar-refractivity contribution in [2.24, 2.45) is 5.10 Å². The van der Waals surface area contributed by atoms with E-state index in [1.54, 1.807) is 14.0 Å². The number of fused-ring (bicyclic) bond motifs is 1. The average molecular weight is 286 g/mol. The second-order valence-electron chi connectivity index (χ2n) is 4.46. The molecule has 1 N–H and O–H groups in total. The van der Waals surface area contributed by atoms with Gasteiger partial charge in [-0.1, -0.05) is 18.2 Å². The number of amides is 1. The lowest BCUT2D eigenvalue weighted by Gasteiger charge is -2.06. The van der Waals surface area contributed by atoms with E-state index >= 15 is 0 Å². The van der Waals surface area contributed by atoms with Crippen molar-refractivity contribution in [2.75, 3.05) is 13.7 Å². The van der Waals surface area contributed by atoms with Gasteiger partial charge in [0, 0.05) is 0 Å². The first-order valence-electron chi connectivity index (χ1n) is 6.69. The third-order valence-electron chi connectivity index (χ3n) is 3.06. The van der Waals surface area contributed by atoms with Gasteiger partial charge in [-0.3, -0.25) is 0 Å². The highest BCUT2D eigenvalue weighted by Gasteiger charge is 2.03. The maximum Gasteiger partial charge on any atom is 0.427 e. The molecule has 2 rings (SSSR count). The Kier molecular flexibility index (Phi) is 4.77. The van der Waals surface area contributed by atoms with Crippen LogP contribution in [0.3, 0.4) is 0 Å². The maximum absolute atomic E-state index is 11.2. The number of benzene rings is 2. The fourth-order valence-electron chi connectivity index (χ4n) is 1.93. The van der Waals surface area contributed by atoms with E-state index in [1.807, 2.05) is 43.3 Å². The van der Waals surface area contributed by atoms with Gasteiger partial charge in [-0.25, -0.2) is 10.2 Å². The summed E-state index contributed by atoms with van der Waals surface area (Å²) in [5.41, 5.74) is 4.00. The molecular formula is C16H18N2O3. The number of hydrogen-bond donors (Lipinski definition) is 1. The molecule has 0 saturated heterocycles. The summed E-state index contributed by atoms with van der Waals surface area (Å²) in [4.78, 5) is 11.2. The van der Waals surface area contributed by atoms with Gasteiger partial charge in [-0.2, -0.15) is 5.10 Å². The number of carbonyl (C=O) groups is 1. The highest BCUT2D eigenvalue weighted by Crippen LogP contribution is 2.22. The Morgan fingerprint density at radius 1 is 1.19 bits per heavy atom. The largest absolute Gasteiger partial charge is 0.497 e. The standard InChI is InChI=1S/C16H18N2O3/c1-4-21-16(19)18-17-11(2)12-5-6-14-10-15(20-3)8-7-13(14)9-12/h5-10H,4H2,1-3H3,(H,18,19)/b17-11-. The lowest BCUT2D eigenvalue weighted by atomic mass is 10.0. The Hall–Kier alpha value is -2.56. The first-order chi connectivity index (χ1) is 10.1. The van der Waals surface area contributed by atoms with Crippen LogP contribution in [-0.4, -0.2) is 25.5 Å². The van der Waals surface area contributed by atoms with Crippen molar-refractivity contribution in [3.05, 3.63) is 42.0 Å². The molecule has 0 bridgehead atoms. The third kappa shape index (κ3) is 3.72. The summed E-state index contributed by atoms with van der Waals surface area (Å²) >= 11 is 0. The number of rotatable bonds is 4. The van der Waals surface area contributed by atoms with Gasteiger partial charge in [0.15, 0.2) is 0 Å². The zero-order valence-electron chi connectivity index (χ0n) is 12.3. The van der Waals surface area contributed by atoms with Gasteiger partial charge in [-0.15, -0.1) is 0 Å². The molecule has 0 saturated carbocycles. The highest BCUT2D eigenvalue weighted by molar-refractivity contribution is 6.02. The van der Waals surface area contributed by atoms with Crippen molar-refractivity contribution in [1.29, 1.82) is 0 Å². The highest BCUT2D eigenvalue weighted by atomic mass is 16.5. The zero-order chi connectivity index (χ0) is 15.2. The van der Waals surface area contributed by atoms with Gasteiger partial charge >= 0.3 is 6.09 Å². The Bertz CT molecular complexity index is 680. The van der Waals surface area contributed by atoms with Gasteiger partial charge in [0.1, 0.15) is 5.75 Å². The molecule has 0 aromatic heterocycles. The minimum atomic E-state index is -0.553. The van der Waals surface area contributed by atoms with E-state index in [-0.39, 0.29) is 0 Å². The molecule has 0 heterocycles. The topological polar surface area (TPSA) is 59.9 Å². The van der Waals surface area contributed by atoms with Gasteiger partial charge in [0.2, 0.25) is 0 Å². The molecule has 1 amide bonds. The number of ether oxygens (including phenoxy) is 2. The normalized spacial score (nSPS) is 11.3. The summed E-state index contributed by atoms with van der Waals surface area (Å²) in [6.45, 7) is 3.89. The Morgan fingerprint density at radius 2 is 1.90 bits per heavy atom. The van der Waals surface area contributed by atoms with Crippen molar-refractivity contribution in [1.82, 2.24) is 5.43 Å². The second kappa shape index (κ2) is 6.74. The van der Waals surface area contributed by atoms with Crippen LogP contribution >= 0.6 is 0 Å². The van der Waals surface area contributed by atoms with Gasteiger partial charge in [0.05, 0.1) is 19.4 Å². The molecule has 0 aliphatic carbocycles. The predicted molar refractivity (Wildman–Crippen MR) is 82.9 cm³/mol. The maximum atomic E-state index is 11.2. The summed E-state index contributed by atoms with van der Waals surface area (Å²) < 4.78 is 9.96.